The predicted octanol–water partition coefficient (Wildman–Crippen LogP) is 2.50. The lowest BCUT2D eigenvalue weighted by atomic mass is 9.99. The average Bonchev–Trinajstić information content (AvgIpc) is 2.41. The molecule has 4 nitrogen and oxygen atoms in total. The van der Waals surface area contributed by atoms with Gasteiger partial charge in [-0.1, -0.05) is 36.8 Å². The molecule has 0 aromatic heterocycles. The summed E-state index contributed by atoms with van der Waals surface area (Å²) in [4.78, 5) is 24.5. The maximum atomic E-state index is 12.3. The smallest absolute Gasteiger partial charge is 0.305 e. The van der Waals surface area contributed by atoms with Crippen LogP contribution in [0.3, 0.4) is 0 Å². The van der Waals surface area contributed by atoms with Gasteiger partial charge in [0.05, 0.1) is 6.42 Å². The van der Waals surface area contributed by atoms with Gasteiger partial charge in [0.15, 0.2) is 0 Å². The number of carbonyl (C=O) groups excluding carboxylic acids is 1. The van der Waals surface area contributed by atoms with Crippen LogP contribution >= 0.6 is 0 Å². The Labute approximate surface area is 120 Å². The molecule has 0 saturated heterocycles. The molecule has 0 heterocycles. The van der Waals surface area contributed by atoms with Gasteiger partial charge >= 0.3 is 5.97 Å². The van der Waals surface area contributed by atoms with Crippen molar-refractivity contribution in [1.82, 2.24) is 4.90 Å². The van der Waals surface area contributed by atoms with E-state index < -0.39 is 5.97 Å². The van der Waals surface area contributed by atoms with Crippen LogP contribution in [0, 0.1) is 12.8 Å². The Morgan fingerprint density at radius 3 is 2.35 bits per heavy atom. The molecule has 0 spiro atoms. The standard InChI is InChI=1S/C16H23NO3/c1-4-17(10-9-15(18)19)16(20)13(3)11-14-7-5-12(2)6-8-14/h5-8,13H,4,9-11H2,1-3H3,(H,18,19). The number of aryl methyl sites for hydroxylation is 1. The summed E-state index contributed by atoms with van der Waals surface area (Å²) in [5.74, 6) is -0.983. The van der Waals surface area contributed by atoms with Crippen LogP contribution in [0.4, 0.5) is 0 Å². The van der Waals surface area contributed by atoms with Crippen molar-refractivity contribution < 1.29 is 14.7 Å². The van der Waals surface area contributed by atoms with Crippen LogP contribution in [0.2, 0.25) is 0 Å². The summed E-state index contributed by atoms with van der Waals surface area (Å²) in [6, 6.07) is 8.14. The van der Waals surface area contributed by atoms with Gasteiger partial charge in [-0.15, -0.1) is 0 Å². The maximum Gasteiger partial charge on any atom is 0.305 e. The molecular formula is C16H23NO3. The van der Waals surface area contributed by atoms with E-state index in [0.717, 1.165) is 5.56 Å². The monoisotopic (exact) mass is 277 g/mol. The Balaban J connectivity index is 2.59. The second-order valence-electron chi connectivity index (χ2n) is 5.15. The summed E-state index contributed by atoms with van der Waals surface area (Å²) in [5, 5.41) is 8.70. The number of aliphatic carboxylic acids is 1. The van der Waals surface area contributed by atoms with Gasteiger partial charge in [-0.05, 0) is 25.8 Å². The molecule has 0 aliphatic heterocycles. The van der Waals surface area contributed by atoms with Crippen LogP contribution in [-0.2, 0) is 16.0 Å². The first-order valence-corrected chi connectivity index (χ1v) is 7.00. The first-order chi connectivity index (χ1) is 9.43. The van der Waals surface area contributed by atoms with Crippen LogP contribution in [-0.4, -0.2) is 35.0 Å². The minimum atomic E-state index is -0.873. The van der Waals surface area contributed by atoms with E-state index in [-0.39, 0.29) is 24.8 Å². The Kier molecular flexibility index (Phi) is 6.22. The number of benzene rings is 1. The zero-order valence-electron chi connectivity index (χ0n) is 12.4. The summed E-state index contributed by atoms with van der Waals surface area (Å²) in [5.41, 5.74) is 2.33. The average molecular weight is 277 g/mol. The Morgan fingerprint density at radius 2 is 1.85 bits per heavy atom. The van der Waals surface area contributed by atoms with E-state index in [2.05, 4.69) is 0 Å². The number of hydrogen-bond donors (Lipinski definition) is 1. The lowest BCUT2D eigenvalue weighted by Gasteiger charge is -2.24. The number of carbonyl (C=O) groups is 2. The van der Waals surface area contributed by atoms with Gasteiger partial charge in [0.2, 0.25) is 5.91 Å². The van der Waals surface area contributed by atoms with Crippen molar-refractivity contribution in [1.29, 1.82) is 0 Å². The van der Waals surface area contributed by atoms with Crippen LogP contribution < -0.4 is 0 Å². The third-order valence-electron chi connectivity index (χ3n) is 3.37. The molecule has 0 radical (unpaired) electrons. The second-order valence-corrected chi connectivity index (χ2v) is 5.15. The topological polar surface area (TPSA) is 57.6 Å². The molecule has 0 aliphatic carbocycles. The fourth-order valence-electron chi connectivity index (χ4n) is 2.13. The van der Waals surface area contributed by atoms with Crippen molar-refractivity contribution in [2.75, 3.05) is 13.1 Å². The van der Waals surface area contributed by atoms with Gasteiger partial charge in [0.1, 0.15) is 0 Å². The molecule has 1 N–H and O–H groups in total. The summed E-state index contributed by atoms with van der Waals surface area (Å²) in [7, 11) is 0. The zero-order chi connectivity index (χ0) is 15.1. The van der Waals surface area contributed by atoms with Gasteiger partial charge in [-0.2, -0.15) is 0 Å². The van der Waals surface area contributed by atoms with Crippen LogP contribution in [0.25, 0.3) is 0 Å². The summed E-state index contributed by atoms with van der Waals surface area (Å²) < 4.78 is 0. The third kappa shape index (κ3) is 5.03. The number of carboxylic acids is 1. The number of nitrogens with zero attached hydrogens (tertiary/aromatic N) is 1. The number of carboxylic acid groups (broad SMARTS) is 1. The van der Waals surface area contributed by atoms with E-state index >= 15 is 0 Å². The summed E-state index contributed by atoms with van der Waals surface area (Å²) in [6.07, 6.45) is 0.680. The minimum absolute atomic E-state index is 0.00314. The highest BCUT2D eigenvalue weighted by atomic mass is 16.4. The van der Waals surface area contributed by atoms with E-state index in [0.29, 0.717) is 13.0 Å². The van der Waals surface area contributed by atoms with Crippen molar-refractivity contribution in [2.45, 2.75) is 33.6 Å². The number of hydrogen-bond acceptors (Lipinski definition) is 2. The Morgan fingerprint density at radius 1 is 1.25 bits per heavy atom. The molecule has 1 unspecified atom stereocenters. The normalized spacial score (nSPS) is 11.9. The molecule has 0 saturated carbocycles. The summed E-state index contributed by atoms with van der Waals surface area (Å²) in [6.45, 7) is 6.63. The number of rotatable bonds is 7. The van der Waals surface area contributed by atoms with E-state index in [4.69, 9.17) is 5.11 Å². The van der Waals surface area contributed by atoms with Crippen LogP contribution in [0.5, 0.6) is 0 Å². The first-order valence-electron chi connectivity index (χ1n) is 7.00. The Hall–Kier alpha value is -1.84. The highest BCUT2D eigenvalue weighted by molar-refractivity contribution is 5.79. The fourth-order valence-corrected chi connectivity index (χ4v) is 2.13. The van der Waals surface area contributed by atoms with Gasteiger partial charge in [0, 0.05) is 19.0 Å². The fraction of sp³-hybridized carbons (Fsp3) is 0.500. The third-order valence-corrected chi connectivity index (χ3v) is 3.37. The van der Waals surface area contributed by atoms with Crippen molar-refractivity contribution in [2.24, 2.45) is 5.92 Å². The van der Waals surface area contributed by atoms with E-state index in [1.54, 1.807) is 4.90 Å². The quantitative estimate of drug-likeness (QED) is 0.833. The molecule has 1 aromatic rings. The van der Waals surface area contributed by atoms with Gasteiger partial charge in [-0.3, -0.25) is 9.59 Å². The number of amides is 1. The second kappa shape index (κ2) is 7.68. The molecular weight excluding hydrogens is 254 g/mol. The van der Waals surface area contributed by atoms with Gasteiger partial charge < -0.3 is 10.0 Å². The summed E-state index contributed by atoms with van der Waals surface area (Å²) >= 11 is 0. The van der Waals surface area contributed by atoms with E-state index in [1.807, 2.05) is 45.0 Å². The molecule has 110 valence electrons. The molecule has 1 aromatic carbocycles. The van der Waals surface area contributed by atoms with Crippen LogP contribution in [0.1, 0.15) is 31.4 Å². The molecule has 1 atom stereocenters. The zero-order valence-corrected chi connectivity index (χ0v) is 12.4. The largest absolute Gasteiger partial charge is 0.481 e. The van der Waals surface area contributed by atoms with Crippen molar-refractivity contribution in [3.05, 3.63) is 35.4 Å². The molecule has 0 aliphatic rings. The molecule has 4 heteroatoms. The maximum absolute atomic E-state index is 12.3. The lowest BCUT2D eigenvalue weighted by Crippen LogP contribution is -2.37. The van der Waals surface area contributed by atoms with Gasteiger partial charge in [0.25, 0.3) is 0 Å². The molecule has 1 rings (SSSR count). The molecule has 0 fully saturated rings. The first kappa shape index (κ1) is 16.2. The Bertz CT molecular complexity index is 453. The molecule has 0 bridgehead atoms. The minimum Gasteiger partial charge on any atom is -0.481 e. The van der Waals surface area contributed by atoms with Crippen molar-refractivity contribution in [3.63, 3.8) is 0 Å². The van der Waals surface area contributed by atoms with Crippen LogP contribution in [0.15, 0.2) is 24.3 Å². The SMILES string of the molecule is CCN(CCC(=O)O)C(=O)C(C)Cc1ccc(C)cc1. The van der Waals surface area contributed by atoms with Gasteiger partial charge in [-0.25, -0.2) is 0 Å². The van der Waals surface area contributed by atoms with E-state index in [1.165, 1.54) is 5.56 Å². The van der Waals surface area contributed by atoms with Crippen molar-refractivity contribution in [3.8, 4) is 0 Å². The predicted molar refractivity (Wildman–Crippen MR) is 78.6 cm³/mol. The highest BCUT2D eigenvalue weighted by Crippen LogP contribution is 2.13. The van der Waals surface area contributed by atoms with Crippen molar-refractivity contribution >= 4 is 11.9 Å². The highest BCUT2D eigenvalue weighted by Gasteiger charge is 2.20. The molecule has 20 heavy (non-hydrogen) atoms. The lowest BCUT2D eigenvalue weighted by molar-refractivity contribution is -0.139. The van der Waals surface area contributed by atoms with E-state index in [9.17, 15) is 9.59 Å². The molecule has 1 amide bonds.